The number of amides is 1. The molecule has 1 aliphatic heterocycles. The molecule has 0 radical (unpaired) electrons. The minimum atomic E-state index is -0.378. The number of anilines is 1. The Morgan fingerprint density at radius 3 is 2.73 bits per heavy atom. The van der Waals surface area contributed by atoms with E-state index in [0.717, 1.165) is 31.5 Å². The van der Waals surface area contributed by atoms with Gasteiger partial charge in [0, 0.05) is 30.4 Å². The first-order chi connectivity index (χ1) is 12.7. The highest BCUT2D eigenvalue weighted by Gasteiger charge is 2.21. The summed E-state index contributed by atoms with van der Waals surface area (Å²) in [7, 11) is 0. The number of carbonyl (C=O) groups excluding carboxylic acids is 1. The lowest BCUT2D eigenvalue weighted by atomic mass is 9.98. The van der Waals surface area contributed by atoms with Crippen LogP contribution in [0.4, 0.5) is 10.1 Å². The van der Waals surface area contributed by atoms with E-state index in [1.165, 1.54) is 25.0 Å². The van der Waals surface area contributed by atoms with Crippen molar-refractivity contribution in [1.82, 2.24) is 4.90 Å². The van der Waals surface area contributed by atoms with Crippen LogP contribution in [-0.4, -0.2) is 35.1 Å². The predicted octanol–water partition coefficient (Wildman–Crippen LogP) is 3.81. The van der Waals surface area contributed by atoms with Crippen molar-refractivity contribution < 1.29 is 14.3 Å². The number of nitrogens with zero attached hydrogens (tertiary/aromatic N) is 1. The normalized spacial score (nSPS) is 17.8. The van der Waals surface area contributed by atoms with Crippen LogP contribution in [0.2, 0.25) is 0 Å². The largest absolute Gasteiger partial charge is 0.396 e. The van der Waals surface area contributed by atoms with Crippen LogP contribution in [0.25, 0.3) is 0 Å². The van der Waals surface area contributed by atoms with Gasteiger partial charge in [0.2, 0.25) is 0 Å². The van der Waals surface area contributed by atoms with E-state index in [0.29, 0.717) is 17.3 Å². The Bertz CT molecular complexity index is 731. The third kappa shape index (κ3) is 4.90. The molecule has 0 aromatic heterocycles. The third-order valence-corrected chi connectivity index (χ3v) is 4.90. The van der Waals surface area contributed by atoms with Crippen LogP contribution in [0, 0.1) is 5.82 Å². The lowest BCUT2D eigenvalue weighted by Gasteiger charge is -2.35. The second-order valence-electron chi connectivity index (χ2n) is 6.79. The molecule has 1 atom stereocenters. The molecule has 0 unspecified atom stereocenters. The van der Waals surface area contributed by atoms with Gasteiger partial charge in [0.1, 0.15) is 5.82 Å². The fourth-order valence-electron chi connectivity index (χ4n) is 3.51. The van der Waals surface area contributed by atoms with Crippen LogP contribution in [0.3, 0.4) is 0 Å². The van der Waals surface area contributed by atoms with E-state index in [-0.39, 0.29) is 18.3 Å². The molecule has 0 saturated carbocycles. The Labute approximate surface area is 153 Å². The van der Waals surface area contributed by atoms with Crippen molar-refractivity contribution in [3.8, 4) is 0 Å². The SMILES string of the molecule is O=C(Nc1cccc(F)c1)c1ccc(CN2CCCC[C@H]2CCO)cc1. The maximum atomic E-state index is 13.2. The molecular formula is C21H25FN2O2. The second-order valence-corrected chi connectivity index (χ2v) is 6.79. The highest BCUT2D eigenvalue weighted by molar-refractivity contribution is 6.04. The van der Waals surface area contributed by atoms with E-state index in [1.807, 2.05) is 12.1 Å². The maximum absolute atomic E-state index is 13.2. The van der Waals surface area contributed by atoms with E-state index >= 15 is 0 Å². The number of piperidine rings is 1. The van der Waals surface area contributed by atoms with Crippen LogP contribution in [0.5, 0.6) is 0 Å². The summed E-state index contributed by atoms with van der Waals surface area (Å²) in [6.45, 7) is 2.10. The molecular weight excluding hydrogens is 331 g/mol. The Morgan fingerprint density at radius 2 is 2.00 bits per heavy atom. The van der Waals surface area contributed by atoms with Gasteiger partial charge in [-0.3, -0.25) is 9.69 Å². The number of aliphatic hydroxyl groups is 1. The monoisotopic (exact) mass is 356 g/mol. The van der Waals surface area contributed by atoms with Crippen molar-refractivity contribution in [2.45, 2.75) is 38.3 Å². The molecule has 1 fully saturated rings. The number of hydrogen-bond donors (Lipinski definition) is 2. The summed E-state index contributed by atoms with van der Waals surface area (Å²) in [4.78, 5) is 14.7. The Morgan fingerprint density at radius 1 is 1.19 bits per heavy atom. The van der Waals surface area contributed by atoms with Gasteiger partial charge in [0.25, 0.3) is 5.91 Å². The second kappa shape index (κ2) is 8.92. The summed E-state index contributed by atoms with van der Waals surface area (Å²) < 4.78 is 13.2. The van der Waals surface area contributed by atoms with Gasteiger partial charge in [-0.2, -0.15) is 0 Å². The summed E-state index contributed by atoms with van der Waals surface area (Å²) >= 11 is 0. The smallest absolute Gasteiger partial charge is 0.255 e. The molecule has 0 aliphatic carbocycles. The fraction of sp³-hybridized carbons (Fsp3) is 0.381. The topological polar surface area (TPSA) is 52.6 Å². The highest BCUT2D eigenvalue weighted by Crippen LogP contribution is 2.22. The van der Waals surface area contributed by atoms with E-state index < -0.39 is 0 Å². The zero-order valence-electron chi connectivity index (χ0n) is 14.8. The van der Waals surface area contributed by atoms with Crippen LogP contribution in [0.15, 0.2) is 48.5 Å². The molecule has 0 bridgehead atoms. The number of halogens is 1. The molecule has 138 valence electrons. The van der Waals surface area contributed by atoms with Crippen molar-refractivity contribution in [2.75, 3.05) is 18.5 Å². The fourth-order valence-corrected chi connectivity index (χ4v) is 3.51. The molecule has 2 aromatic carbocycles. The summed E-state index contributed by atoms with van der Waals surface area (Å²) in [5, 5.41) is 12.0. The Balaban J connectivity index is 1.61. The van der Waals surface area contributed by atoms with Gasteiger partial charge in [0.05, 0.1) is 0 Å². The van der Waals surface area contributed by atoms with Gasteiger partial charge < -0.3 is 10.4 Å². The molecule has 0 spiro atoms. The zero-order valence-corrected chi connectivity index (χ0v) is 14.8. The number of nitrogens with one attached hydrogen (secondary N) is 1. The summed E-state index contributed by atoms with van der Waals surface area (Å²) in [5.41, 5.74) is 2.14. The van der Waals surface area contributed by atoms with Crippen molar-refractivity contribution in [2.24, 2.45) is 0 Å². The van der Waals surface area contributed by atoms with Crippen molar-refractivity contribution >= 4 is 11.6 Å². The van der Waals surface area contributed by atoms with E-state index in [9.17, 15) is 14.3 Å². The van der Waals surface area contributed by atoms with Gasteiger partial charge in [-0.15, -0.1) is 0 Å². The predicted molar refractivity (Wildman–Crippen MR) is 101 cm³/mol. The molecule has 2 N–H and O–H groups in total. The Kier molecular flexibility index (Phi) is 6.36. The van der Waals surface area contributed by atoms with E-state index in [4.69, 9.17) is 0 Å². The Hall–Kier alpha value is -2.24. The minimum Gasteiger partial charge on any atom is -0.396 e. The number of benzene rings is 2. The lowest BCUT2D eigenvalue weighted by molar-refractivity contribution is 0.102. The first kappa shape index (κ1) is 18.5. The molecule has 1 aliphatic rings. The first-order valence-corrected chi connectivity index (χ1v) is 9.16. The number of rotatable bonds is 6. The van der Waals surface area contributed by atoms with E-state index in [2.05, 4.69) is 10.2 Å². The molecule has 5 heteroatoms. The highest BCUT2D eigenvalue weighted by atomic mass is 19.1. The van der Waals surface area contributed by atoms with Crippen LogP contribution in [-0.2, 0) is 6.54 Å². The molecule has 1 amide bonds. The molecule has 1 saturated heterocycles. The van der Waals surface area contributed by atoms with Crippen molar-refractivity contribution in [3.63, 3.8) is 0 Å². The quantitative estimate of drug-likeness (QED) is 0.827. The van der Waals surface area contributed by atoms with Crippen molar-refractivity contribution in [3.05, 3.63) is 65.5 Å². The average Bonchev–Trinajstić information content (AvgIpc) is 2.64. The van der Waals surface area contributed by atoms with Crippen LogP contribution >= 0.6 is 0 Å². The third-order valence-electron chi connectivity index (χ3n) is 4.90. The van der Waals surface area contributed by atoms with Crippen LogP contribution in [0.1, 0.15) is 41.6 Å². The minimum absolute atomic E-state index is 0.223. The van der Waals surface area contributed by atoms with Crippen LogP contribution < -0.4 is 5.32 Å². The van der Waals surface area contributed by atoms with E-state index in [1.54, 1.807) is 24.3 Å². The molecule has 3 rings (SSSR count). The van der Waals surface area contributed by atoms with Gasteiger partial charge in [0.15, 0.2) is 0 Å². The van der Waals surface area contributed by atoms with Gasteiger partial charge in [-0.05, 0) is 61.7 Å². The summed E-state index contributed by atoms with van der Waals surface area (Å²) in [6.07, 6.45) is 4.36. The zero-order chi connectivity index (χ0) is 18.4. The molecule has 26 heavy (non-hydrogen) atoms. The van der Waals surface area contributed by atoms with Gasteiger partial charge in [-0.1, -0.05) is 24.6 Å². The summed E-state index contributed by atoms with van der Waals surface area (Å²) in [5.74, 6) is -0.629. The van der Waals surface area contributed by atoms with Gasteiger partial charge >= 0.3 is 0 Å². The van der Waals surface area contributed by atoms with Crippen molar-refractivity contribution in [1.29, 1.82) is 0 Å². The molecule has 1 heterocycles. The number of hydrogen-bond acceptors (Lipinski definition) is 3. The lowest BCUT2D eigenvalue weighted by Crippen LogP contribution is -2.39. The molecule has 2 aromatic rings. The van der Waals surface area contributed by atoms with Gasteiger partial charge in [-0.25, -0.2) is 4.39 Å². The number of likely N-dealkylation sites (tertiary alicyclic amines) is 1. The number of aliphatic hydroxyl groups excluding tert-OH is 1. The number of carbonyl (C=O) groups is 1. The molecule has 4 nitrogen and oxygen atoms in total. The summed E-state index contributed by atoms with van der Waals surface area (Å²) in [6, 6.07) is 13.8. The first-order valence-electron chi connectivity index (χ1n) is 9.16. The average molecular weight is 356 g/mol. The standard InChI is InChI=1S/C21H25FN2O2/c22-18-4-3-5-19(14-18)23-21(26)17-9-7-16(8-10-17)15-24-12-2-1-6-20(24)11-13-25/h3-5,7-10,14,20,25H,1-2,6,11-13,15H2,(H,23,26)/t20-/m0/s1. The maximum Gasteiger partial charge on any atom is 0.255 e.